The van der Waals surface area contributed by atoms with Gasteiger partial charge in [-0.15, -0.1) is 0 Å². The smallest absolute Gasteiger partial charge is 0.357 e. The molecule has 0 fully saturated rings. The Morgan fingerprint density at radius 1 is 1.80 bits per heavy atom. The van der Waals surface area contributed by atoms with Crippen molar-refractivity contribution in [2.75, 3.05) is 6.61 Å². The molecular formula is C9H14IN3O2. The molecule has 1 aromatic rings. The topological polar surface area (TPSA) is 70.1 Å². The highest BCUT2D eigenvalue weighted by atomic mass is 127. The molecule has 6 heteroatoms. The molecule has 2 N–H and O–H groups in total. The number of carbonyl (C=O) groups excluding carboxylic acids is 1. The second-order valence-corrected chi connectivity index (χ2v) is 4.38. The minimum atomic E-state index is -0.347. The molecule has 0 aliphatic rings. The Balaban J connectivity index is 2.93. The lowest BCUT2D eigenvalue weighted by molar-refractivity contribution is 0.0510. The molecule has 0 aromatic carbocycles. The largest absolute Gasteiger partial charge is 0.461 e. The first-order valence-corrected chi connectivity index (χ1v) is 5.78. The van der Waals surface area contributed by atoms with Crippen molar-refractivity contribution in [2.45, 2.75) is 26.4 Å². The van der Waals surface area contributed by atoms with Crippen LogP contribution in [0.4, 0.5) is 0 Å². The van der Waals surface area contributed by atoms with Crippen LogP contribution in [0.3, 0.4) is 0 Å². The molecule has 0 amide bonds. The molecule has 0 spiro atoms. The van der Waals surface area contributed by atoms with Crippen LogP contribution in [0.25, 0.3) is 0 Å². The molecule has 0 saturated carbocycles. The van der Waals surface area contributed by atoms with E-state index in [-0.39, 0.29) is 12.0 Å². The number of aromatic nitrogens is 2. The van der Waals surface area contributed by atoms with Crippen molar-refractivity contribution in [2.24, 2.45) is 5.73 Å². The first kappa shape index (κ1) is 12.4. The van der Waals surface area contributed by atoms with Crippen molar-refractivity contribution in [3.05, 3.63) is 15.5 Å². The number of ether oxygens (including phenoxy) is 1. The molecule has 5 nitrogen and oxygen atoms in total. The second-order valence-electron chi connectivity index (χ2n) is 3.22. The Morgan fingerprint density at radius 2 is 2.47 bits per heavy atom. The van der Waals surface area contributed by atoms with Crippen LogP contribution in [0.15, 0.2) is 6.20 Å². The zero-order chi connectivity index (χ0) is 11.4. The zero-order valence-corrected chi connectivity index (χ0v) is 10.9. The lowest BCUT2D eigenvalue weighted by atomic mass is 10.3. The summed E-state index contributed by atoms with van der Waals surface area (Å²) in [6, 6.07) is -0.0473. The predicted octanol–water partition coefficient (Wildman–Crippen LogP) is 1.01. The monoisotopic (exact) mass is 323 g/mol. The van der Waals surface area contributed by atoms with Crippen molar-refractivity contribution >= 4 is 28.6 Å². The first-order chi connectivity index (χ1) is 7.06. The molecule has 15 heavy (non-hydrogen) atoms. The molecule has 0 bridgehead atoms. The van der Waals surface area contributed by atoms with E-state index in [9.17, 15) is 4.79 Å². The number of halogens is 1. The van der Waals surface area contributed by atoms with Gasteiger partial charge < -0.3 is 10.5 Å². The van der Waals surface area contributed by atoms with Crippen LogP contribution >= 0.6 is 22.6 Å². The molecule has 0 saturated heterocycles. The number of hydrogen-bond acceptors (Lipinski definition) is 4. The molecule has 1 heterocycles. The van der Waals surface area contributed by atoms with E-state index in [0.717, 1.165) is 3.57 Å². The van der Waals surface area contributed by atoms with Gasteiger partial charge in [-0.05, 0) is 36.4 Å². The number of hydrogen-bond donors (Lipinski definition) is 1. The number of rotatable bonds is 4. The quantitative estimate of drug-likeness (QED) is 0.663. The van der Waals surface area contributed by atoms with Gasteiger partial charge in [0.1, 0.15) is 0 Å². The zero-order valence-electron chi connectivity index (χ0n) is 8.74. The highest BCUT2D eigenvalue weighted by Crippen LogP contribution is 2.13. The number of esters is 1. The molecule has 0 unspecified atom stereocenters. The van der Waals surface area contributed by atoms with Crippen LogP contribution in [0.5, 0.6) is 0 Å². The minimum absolute atomic E-state index is 0.0473. The fourth-order valence-electron chi connectivity index (χ4n) is 1.18. The van der Waals surface area contributed by atoms with Crippen LogP contribution in [-0.2, 0) is 11.3 Å². The van der Waals surface area contributed by atoms with Gasteiger partial charge >= 0.3 is 5.97 Å². The normalized spacial score (nSPS) is 12.5. The second kappa shape index (κ2) is 5.45. The lowest BCUT2D eigenvalue weighted by Crippen LogP contribution is -2.25. The fourth-order valence-corrected chi connectivity index (χ4v) is 1.80. The number of nitrogens with zero attached hydrogens (tertiary/aromatic N) is 2. The summed E-state index contributed by atoms with van der Waals surface area (Å²) in [5, 5.41) is 4.09. The van der Waals surface area contributed by atoms with E-state index in [4.69, 9.17) is 10.5 Å². The lowest BCUT2D eigenvalue weighted by Gasteiger charge is -2.09. The van der Waals surface area contributed by atoms with E-state index < -0.39 is 0 Å². The summed E-state index contributed by atoms with van der Waals surface area (Å²) < 4.78 is 7.32. The van der Waals surface area contributed by atoms with Crippen molar-refractivity contribution in [3.8, 4) is 0 Å². The third-order valence-electron chi connectivity index (χ3n) is 1.72. The maximum atomic E-state index is 11.6. The van der Waals surface area contributed by atoms with E-state index >= 15 is 0 Å². The van der Waals surface area contributed by atoms with Gasteiger partial charge in [-0.25, -0.2) is 4.79 Å². The van der Waals surface area contributed by atoms with Gasteiger partial charge in [0, 0.05) is 6.04 Å². The van der Waals surface area contributed by atoms with Crippen molar-refractivity contribution in [3.63, 3.8) is 0 Å². The molecule has 1 rings (SSSR count). The van der Waals surface area contributed by atoms with Crippen LogP contribution in [-0.4, -0.2) is 28.4 Å². The van der Waals surface area contributed by atoms with Gasteiger partial charge in [-0.1, -0.05) is 0 Å². The molecule has 1 atom stereocenters. The number of carbonyl (C=O) groups is 1. The molecule has 0 radical (unpaired) electrons. The summed E-state index contributed by atoms with van der Waals surface area (Å²) in [7, 11) is 0. The summed E-state index contributed by atoms with van der Waals surface area (Å²) in [6.07, 6.45) is 1.63. The highest BCUT2D eigenvalue weighted by Gasteiger charge is 2.18. The van der Waals surface area contributed by atoms with E-state index in [1.54, 1.807) is 17.8 Å². The van der Waals surface area contributed by atoms with Crippen molar-refractivity contribution < 1.29 is 9.53 Å². The van der Waals surface area contributed by atoms with Gasteiger partial charge in [-0.3, -0.25) is 4.68 Å². The van der Waals surface area contributed by atoms with Crippen LogP contribution in [0.1, 0.15) is 24.3 Å². The molecule has 84 valence electrons. The maximum absolute atomic E-state index is 11.6. The Bertz CT molecular complexity index is 349. The summed E-state index contributed by atoms with van der Waals surface area (Å²) in [5.74, 6) is -0.347. The standard InChI is InChI=1S/C9H14IN3O2/c1-3-15-9(14)8-7(10)4-12-13(8)5-6(2)11/h4,6H,3,5,11H2,1-2H3/t6-/m1/s1. The highest BCUT2D eigenvalue weighted by molar-refractivity contribution is 14.1. The van der Waals surface area contributed by atoms with E-state index in [1.165, 1.54) is 0 Å². The third kappa shape index (κ3) is 3.16. The van der Waals surface area contributed by atoms with Crippen molar-refractivity contribution in [1.82, 2.24) is 9.78 Å². The fraction of sp³-hybridized carbons (Fsp3) is 0.556. The summed E-state index contributed by atoms with van der Waals surface area (Å²) in [6.45, 7) is 4.51. The number of nitrogens with two attached hydrogens (primary N) is 1. The Labute approximate surface area is 102 Å². The van der Waals surface area contributed by atoms with Gasteiger partial charge in [0.15, 0.2) is 5.69 Å². The van der Waals surface area contributed by atoms with E-state index in [0.29, 0.717) is 18.8 Å². The summed E-state index contributed by atoms with van der Waals surface area (Å²) >= 11 is 2.06. The van der Waals surface area contributed by atoms with E-state index in [1.807, 2.05) is 6.92 Å². The Hall–Kier alpha value is -0.630. The molecular weight excluding hydrogens is 309 g/mol. The van der Waals surface area contributed by atoms with E-state index in [2.05, 4.69) is 27.7 Å². The Morgan fingerprint density at radius 3 is 3.00 bits per heavy atom. The average Bonchev–Trinajstić information content (AvgIpc) is 2.46. The summed E-state index contributed by atoms with van der Waals surface area (Å²) in [5.41, 5.74) is 6.14. The Kier molecular flexibility index (Phi) is 4.52. The van der Waals surface area contributed by atoms with Gasteiger partial charge in [0.2, 0.25) is 0 Å². The first-order valence-electron chi connectivity index (χ1n) is 4.70. The van der Waals surface area contributed by atoms with Gasteiger partial charge in [-0.2, -0.15) is 5.10 Å². The SMILES string of the molecule is CCOC(=O)c1c(I)cnn1C[C@@H](C)N. The van der Waals surface area contributed by atoms with Crippen LogP contribution in [0.2, 0.25) is 0 Å². The average molecular weight is 323 g/mol. The van der Waals surface area contributed by atoms with Crippen molar-refractivity contribution in [1.29, 1.82) is 0 Å². The minimum Gasteiger partial charge on any atom is -0.461 e. The summed E-state index contributed by atoms with van der Waals surface area (Å²) in [4.78, 5) is 11.6. The maximum Gasteiger partial charge on any atom is 0.357 e. The predicted molar refractivity (Wildman–Crippen MR) is 64.5 cm³/mol. The molecule has 0 aliphatic carbocycles. The van der Waals surface area contributed by atoms with Gasteiger partial charge in [0.05, 0.1) is 22.9 Å². The van der Waals surface area contributed by atoms with Gasteiger partial charge in [0.25, 0.3) is 0 Å². The third-order valence-corrected chi connectivity index (χ3v) is 2.51. The molecule has 0 aliphatic heterocycles. The molecule has 1 aromatic heterocycles. The van der Waals surface area contributed by atoms with Crippen LogP contribution < -0.4 is 5.73 Å². The van der Waals surface area contributed by atoms with Crippen LogP contribution in [0, 0.1) is 3.57 Å².